The Balaban J connectivity index is 1.46. The van der Waals surface area contributed by atoms with Gasteiger partial charge in [0, 0.05) is 30.7 Å². The van der Waals surface area contributed by atoms with E-state index in [2.05, 4.69) is 17.6 Å². The normalized spacial score (nSPS) is 18.5. The van der Waals surface area contributed by atoms with E-state index < -0.39 is 0 Å². The molecule has 2 fully saturated rings. The van der Waals surface area contributed by atoms with Crippen molar-refractivity contribution in [1.29, 1.82) is 0 Å². The SMILES string of the molecule is C[C@H](N[C@H](C(=O)N1CCCCC1)c1ccccc1)c1ccc(NC(=O)C2CC2)cc1. The summed E-state index contributed by atoms with van der Waals surface area (Å²) in [5, 5.41) is 6.53. The van der Waals surface area contributed by atoms with Gasteiger partial charge in [0.1, 0.15) is 6.04 Å². The van der Waals surface area contributed by atoms with Gasteiger partial charge < -0.3 is 10.2 Å². The smallest absolute Gasteiger partial charge is 0.244 e. The molecule has 1 heterocycles. The minimum Gasteiger partial charge on any atom is -0.341 e. The second-order valence-electron chi connectivity index (χ2n) is 8.50. The number of anilines is 1. The number of hydrogen-bond donors (Lipinski definition) is 2. The number of nitrogens with zero attached hydrogens (tertiary/aromatic N) is 1. The number of rotatable bonds is 7. The average Bonchev–Trinajstić information content (AvgIpc) is 3.64. The third-order valence-corrected chi connectivity index (χ3v) is 6.09. The zero-order valence-corrected chi connectivity index (χ0v) is 17.6. The molecule has 158 valence electrons. The Labute approximate surface area is 178 Å². The van der Waals surface area contributed by atoms with Crippen LogP contribution in [0.25, 0.3) is 0 Å². The van der Waals surface area contributed by atoms with E-state index in [1.165, 1.54) is 6.42 Å². The molecule has 2 N–H and O–H groups in total. The van der Waals surface area contributed by atoms with Crippen molar-refractivity contribution in [1.82, 2.24) is 10.2 Å². The van der Waals surface area contributed by atoms with Crippen molar-refractivity contribution in [3.63, 3.8) is 0 Å². The summed E-state index contributed by atoms with van der Waals surface area (Å²) in [5.41, 5.74) is 2.91. The lowest BCUT2D eigenvalue weighted by Gasteiger charge is -2.32. The number of amides is 2. The number of nitrogens with one attached hydrogen (secondary N) is 2. The molecule has 0 spiro atoms. The minimum atomic E-state index is -0.367. The van der Waals surface area contributed by atoms with Crippen molar-refractivity contribution >= 4 is 17.5 Å². The molecule has 2 aromatic carbocycles. The van der Waals surface area contributed by atoms with Gasteiger partial charge in [-0.25, -0.2) is 0 Å². The molecule has 5 nitrogen and oxygen atoms in total. The van der Waals surface area contributed by atoms with Crippen molar-refractivity contribution < 1.29 is 9.59 Å². The Bertz CT molecular complexity index is 856. The molecule has 0 radical (unpaired) electrons. The molecule has 2 aliphatic rings. The second-order valence-corrected chi connectivity index (χ2v) is 8.50. The molecule has 2 aromatic rings. The molecule has 1 aliphatic heterocycles. The topological polar surface area (TPSA) is 61.4 Å². The fourth-order valence-electron chi connectivity index (χ4n) is 4.04. The van der Waals surface area contributed by atoms with Crippen molar-refractivity contribution in [2.75, 3.05) is 18.4 Å². The summed E-state index contributed by atoms with van der Waals surface area (Å²) in [5.74, 6) is 0.462. The van der Waals surface area contributed by atoms with Crippen molar-refractivity contribution in [3.05, 3.63) is 65.7 Å². The summed E-state index contributed by atoms with van der Waals surface area (Å²) in [4.78, 5) is 27.3. The largest absolute Gasteiger partial charge is 0.341 e. The van der Waals surface area contributed by atoms with Gasteiger partial charge >= 0.3 is 0 Å². The van der Waals surface area contributed by atoms with Crippen LogP contribution < -0.4 is 10.6 Å². The minimum absolute atomic E-state index is 0.00266. The van der Waals surface area contributed by atoms with Crippen LogP contribution in [-0.4, -0.2) is 29.8 Å². The first kappa shape index (κ1) is 20.6. The zero-order chi connectivity index (χ0) is 20.9. The number of carbonyl (C=O) groups excluding carboxylic acids is 2. The van der Waals surface area contributed by atoms with Gasteiger partial charge in [0.05, 0.1) is 0 Å². The van der Waals surface area contributed by atoms with Crippen molar-refractivity contribution in [2.45, 2.75) is 51.1 Å². The maximum absolute atomic E-state index is 13.3. The van der Waals surface area contributed by atoms with Crippen LogP contribution in [0.2, 0.25) is 0 Å². The Morgan fingerprint density at radius 1 is 0.900 bits per heavy atom. The van der Waals surface area contributed by atoms with Gasteiger partial charge in [0.2, 0.25) is 11.8 Å². The summed E-state index contributed by atoms with van der Waals surface area (Å²) < 4.78 is 0. The van der Waals surface area contributed by atoms with E-state index in [9.17, 15) is 9.59 Å². The van der Waals surface area contributed by atoms with Crippen molar-refractivity contribution in [3.8, 4) is 0 Å². The van der Waals surface area contributed by atoms with E-state index in [4.69, 9.17) is 0 Å². The fraction of sp³-hybridized carbons (Fsp3) is 0.440. The van der Waals surface area contributed by atoms with E-state index in [0.717, 1.165) is 55.6 Å². The van der Waals surface area contributed by atoms with E-state index in [-0.39, 0.29) is 29.8 Å². The summed E-state index contributed by atoms with van der Waals surface area (Å²) in [6.45, 7) is 3.76. The number of benzene rings is 2. The van der Waals surface area contributed by atoms with Gasteiger partial charge in [-0.05, 0) is 62.3 Å². The van der Waals surface area contributed by atoms with E-state index >= 15 is 0 Å². The first-order valence-corrected chi connectivity index (χ1v) is 11.1. The van der Waals surface area contributed by atoms with Gasteiger partial charge in [-0.2, -0.15) is 0 Å². The highest BCUT2D eigenvalue weighted by atomic mass is 16.2. The third-order valence-electron chi connectivity index (χ3n) is 6.09. The van der Waals surface area contributed by atoms with E-state index in [1.54, 1.807) is 0 Å². The summed E-state index contributed by atoms with van der Waals surface area (Å²) in [6, 6.07) is 17.5. The maximum Gasteiger partial charge on any atom is 0.244 e. The van der Waals surface area contributed by atoms with Crippen LogP contribution in [-0.2, 0) is 9.59 Å². The van der Waals surface area contributed by atoms with E-state index in [0.29, 0.717) is 0 Å². The molecule has 2 amide bonds. The monoisotopic (exact) mass is 405 g/mol. The molecular formula is C25H31N3O2. The zero-order valence-electron chi connectivity index (χ0n) is 17.6. The molecule has 1 aliphatic carbocycles. The Morgan fingerprint density at radius 3 is 2.20 bits per heavy atom. The maximum atomic E-state index is 13.3. The molecule has 0 aromatic heterocycles. The van der Waals surface area contributed by atoms with Crippen LogP contribution in [0.4, 0.5) is 5.69 Å². The van der Waals surface area contributed by atoms with Crippen LogP contribution in [0.5, 0.6) is 0 Å². The van der Waals surface area contributed by atoms with Gasteiger partial charge in [0.25, 0.3) is 0 Å². The fourth-order valence-corrected chi connectivity index (χ4v) is 4.04. The lowest BCUT2D eigenvalue weighted by molar-refractivity contribution is -0.134. The number of likely N-dealkylation sites (tertiary alicyclic amines) is 1. The van der Waals surface area contributed by atoms with Crippen LogP contribution in [0, 0.1) is 5.92 Å². The Morgan fingerprint density at radius 2 is 1.57 bits per heavy atom. The first-order chi connectivity index (χ1) is 14.6. The highest BCUT2D eigenvalue weighted by Crippen LogP contribution is 2.30. The van der Waals surface area contributed by atoms with Crippen LogP contribution >= 0.6 is 0 Å². The number of hydrogen-bond acceptors (Lipinski definition) is 3. The first-order valence-electron chi connectivity index (χ1n) is 11.1. The summed E-state index contributed by atoms with van der Waals surface area (Å²) in [6.07, 6.45) is 5.36. The number of carbonyl (C=O) groups is 2. The molecular weight excluding hydrogens is 374 g/mol. The Kier molecular flexibility index (Phi) is 6.48. The van der Waals surface area contributed by atoms with Gasteiger partial charge in [0.15, 0.2) is 0 Å². The molecule has 1 saturated heterocycles. The summed E-state index contributed by atoms with van der Waals surface area (Å²) in [7, 11) is 0. The molecule has 0 bridgehead atoms. The lowest BCUT2D eigenvalue weighted by atomic mass is 10.0. The van der Waals surface area contributed by atoms with Crippen LogP contribution in [0.3, 0.4) is 0 Å². The molecule has 5 heteroatoms. The molecule has 30 heavy (non-hydrogen) atoms. The van der Waals surface area contributed by atoms with E-state index in [1.807, 2.05) is 59.5 Å². The predicted octanol–water partition coefficient (Wildman–Crippen LogP) is 4.44. The molecule has 2 atom stereocenters. The highest BCUT2D eigenvalue weighted by Gasteiger charge is 2.30. The lowest BCUT2D eigenvalue weighted by Crippen LogP contribution is -2.43. The quantitative estimate of drug-likeness (QED) is 0.716. The van der Waals surface area contributed by atoms with Crippen LogP contribution in [0.1, 0.15) is 62.2 Å². The number of piperidine rings is 1. The van der Waals surface area contributed by atoms with Gasteiger partial charge in [-0.1, -0.05) is 42.5 Å². The van der Waals surface area contributed by atoms with Gasteiger partial charge in [-0.15, -0.1) is 0 Å². The summed E-state index contributed by atoms with van der Waals surface area (Å²) >= 11 is 0. The molecule has 0 unspecified atom stereocenters. The third kappa shape index (κ3) is 5.08. The standard InChI is InChI=1S/C25H31N3O2/c1-18(19-12-14-22(15-13-19)27-24(29)21-10-11-21)26-23(20-8-4-2-5-9-20)25(30)28-16-6-3-7-17-28/h2,4-5,8-9,12-15,18,21,23,26H,3,6-7,10-11,16-17H2,1H3,(H,27,29)/t18-,23-/m0/s1. The molecule has 1 saturated carbocycles. The van der Waals surface area contributed by atoms with Crippen molar-refractivity contribution in [2.24, 2.45) is 5.92 Å². The van der Waals surface area contributed by atoms with Crippen LogP contribution in [0.15, 0.2) is 54.6 Å². The second kappa shape index (κ2) is 9.43. The predicted molar refractivity (Wildman–Crippen MR) is 119 cm³/mol. The highest BCUT2D eigenvalue weighted by molar-refractivity contribution is 5.94. The van der Waals surface area contributed by atoms with Gasteiger partial charge in [-0.3, -0.25) is 14.9 Å². The molecule has 4 rings (SSSR count). The Hall–Kier alpha value is -2.66. The average molecular weight is 406 g/mol.